The fourth-order valence-corrected chi connectivity index (χ4v) is 4.12. The van der Waals surface area contributed by atoms with Crippen LogP contribution in [0.25, 0.3) is 0 Å². The number of anilines is 2. The van der Waals surface area contributed by atoms with E-state index in [9.17, 15) is 18.0 Å². The third kappa shape index (κ3) is 4.86. The van der Waals surface area contributed by atoms with Crippen LogP contribution in [-0.2, 0) is 20.4 Å². The fraction of sp³-hybridized carbons (Fsp3) is 0.211. The minimum Gasteiger partial charge on any atom is -0.336 e. The van der Waals surface area contributed by atoms with Crippen molar-refractivity contribution in [3.05, 3.63) is 59.7 Å². The molecule has 0 aromatic heterocycles. The maximum Gasteiger partial charge on any atom is 0.321 e. The molecule has 0 aliphatic carbocycles. The van der Waals surface area contributed by atoms with Crippen LogP contribution in [0.2, 0.25) is 0 Å². The number of hydrogen-bond acceptors (Lipinski definition) is 5. The smallest absolute Gasteiger partial charge is 0.321 e. The summed E-state index contributed by atoms with van der Waals surface area (Å²) in [5.41, 5.74) is 1.98. The van der Waals surface area contributed by atoms with E-state index in [1.807, 2.05) is 6.07 Å². The Labute approximate surface area is 162 Å². The Balaban J connectivity index is 1.63. The molecule has 1 saturated heterocycles. The molecule has 0 bridgehead atoms. The van der Waals surface area contributed by atoms with Crippen LogP contribution in [-0.4, -0.2) is 39.2 Å². The highest BCUT2D eigenvalue weighted by atomic mass is 32.2. The average Bonchev–Trinajstić information content (AvgIpc) is 3.07. The molecule has 0 radical (unpaired) electrons. The molecule has 2 aromatic carbocycles. The highest BCUT2D eigenvalue weighted by molar-refractivity contribution is 7.91. The van der Waals surface area contributed by atoms with E-state index >= 15 is 0 Å². The number of urea groups is 1. The molecule has 3 amide bonds. The Hall–Kier alpha value is -3.38. The molecule has 0 atom stereocenters. The Morgan fingerprint density at radius 1 is 1.21 bits per heavy atom. The molecule has 144 valence electrons. The quantitative estimate of drug-likeness (QED) is 0.767. The minimum atomic E-state index is -3.68. The van der Waals surface area contributed by atoms with E-state index in [-0.39, 0.29) is 11.8 Å². The second kappa shape index (κ2) is 8.10. The summed E-state index contributed by atoms with van der Waals surface area (Å²) >= 11 is 0. The monoisotopic (exact) mass is 398 g/mol. The molecule has 1 fully saturated rings. The second-order valence-electron chi connectivity index (χ2n) is 6.32. The molecule has 8 nitrogen and oxygen atoms in total. The maximum atomic E-state index is 12.3. The molecule has 0 saturated carbocycles. The van der Waals surface area contributed by atoms with Gasteiger partial charge in [0, 0.05) is 24.5 Å². The van der Waals surface area contributed by atoms with Crippen LogP contribution in [0.3, 0.4) is 0 Å². The second-order valence-corrected chi connectivity index (χ2v) is 8.39. The molecule has 3 rings (SSSR count). The van der Waals surface area contributed by atoms with Gasteiger partial charge < -0.3 is 10.6 Å². The summed E-state index contributed by atoms with van der Waals surface area (Å²) in [4.78, 5) is 25.5. The molecule has 1 aliphatic rings. The van der Waals surface area contributed by atoms with Gasteiger partial charge in [-0.1, -0.05) is 18.2 Å². The Morgan fingerprint density at radius 2 is 1.96 bits per heavy atom. The molecule has 0 spiro atoms. The van der Waals surface area contributed by atoms with Gasteiger partial charge in [-0.05, 0) is 35.9 Å². The largest absolute Gasteiger partial charge is 0.336 e. The Morgan fingerprint density at radius 3 is 2.61 bits per heavy atom. The topological polar surface area (TPSA) is 119 Å². The summed E-state index contributed by atoms with van der Waals surface area (Å²) < 4.78 is 24.6. The number of rotatable bonds is 6. The van der Waals surface area contributed by atoms with Crippen molar-refractivity contribution in [2.24, 2.45) is 0 Å². The van der Waals surface area contributed by atoms with Crippen LogP contribution < -0.4 is 15.5 Å². The first-order valence-electron chi connectivity index (χ1n) is 8.51. The summed E-state index contributed by atoms with van der Waals surface area (Å²) in [6.45, 7) is 1.07. The first-order chi connectivity index (χ1) is 13.4. The van der Waals surface area contributed by atoms with Crippen molar-refractivity contribution < 1.29 is 18.0 Å². The molecule has 0 unspecified atom stereocenters. The molecule has 28 heavy (non-hydrogen) atoms. The number of nitrogens with one attached hydrogen (secondary N) is 2. The van der Waals surface area contributed by atoms with E-state index in [1.54, 1.807) is 36.4 Å². The Kier molecular flexibility index (Phi) is 5.61. The van der Waals surface area contributed by atoms with Gasteiger partial charge in [0.15, 0.2) is 9.84 Å². The number of carbonyl (C=O) groups excluding carboxylic acids is 2. The van der Waals surface area contributed by atoms with Crippen molar-refractivity contribution in [3.8, 4) is 6.07 Å². The van der Waals surface area contributed by atoms with Gasteiger partial charge >= 0.3 is 6.03 Å². The first-order valence-corrected chi connectivity index (χ1v) is 10.3. The zero-order chi connectivity index (χ0) is 20.1. The van der Waals surface area contributed by atoms with Gasteiger partial charge in [0.1, 0.15) is 5.75 Å². The fourth-order valence-electron chi connectivity index (χ4n) is 2.85. The predicted octanol–water partition coefficient (Wildman–Crippen LogP) is 1.64. The number of carbonyl (C=O) groups is 2. The summed E-state index contributed by atoms with van der Waals surface area (Å²) in [5, 5.41) is 14.0. The minimum absolute atomic E-state index is 0.214. The molecular formula is C19H18N4O4S. The zero-order valence-electron chi connectivity index (χ0n) is 14.9. The van der Waals surface area contributed by atoms with Crippen molar-refractivity contribution in [1.82, 2.24) is 5.32 Å². The molecule has 1 heterocycles. The maximum absolute atomic E-state index is 12.3. The van der Waals surface area contributed by atoms with Gasteiger partial charge in [0.2, 0.25) is 5.91 Å². The van der Waals surface area contributed by atoms with Crippen LogP contribution >= 0.6 is 0 Å². The lowest BCUT2D eigenvalue weighted by molar-refractivity contribution is -0.113. The van der Waals surface area contributed by atoms with Crippen LogP contribution in [0.15, 0.2) is 48.5 Å². The molecule has 2 aromatic rings. The van der Waals surface area contributed by atoms with E-state index in [2.05, 4.69) is 10.6 Å². The third-order valence-electron chi connectivity index (χ3n) is 4.12. The average molecular weight is 398 g/mol. The van der Waals surface area contributed by atoms with E-state index in [0.717, 1.165) is 0 Å². The van der Waals surface area contributed by atoms with Gasteiger partial charge in [0.25, 0.3) is 0 Å². The van der Waals surface area contributed by atoms with E-state index in [1.165, 1.54) is 17.0 Å². The number of nitrogens with zero attached hydrogens (tertiary/aromatic N) is 2. The summed E-state index contributed by atoms with van der Waals surface area (Å²) in [6.07, 6.45) is 0. The lowest BCUT2D eigenvalue weighted by atomic mass is 10.2. The predicted molar refractivity (Wildman–Crippen MR) is 104 cm³/mol. The summed E-state index contributed by atoms with van der Waals surface area (Å²) in [7, 11) is -3.68. The van der Waals surface area contributed by atoms with Crippen molar-refractivity contribution in [2.45, 2.75) is 5.75 Å². The van der Waals surface area contributed by atoms with E-state index in [4.69, 9.17) is 5.26 Å². The number of nitriles is 1. The zero-order valence-corrected chi connectivity index (χ0v) is 15.7. The third-order valence-corrected chi connectivity index (χ3v) is 5.59. The van der Waals surface area contributed by atoms with E-state index < -0.39 is 21.5 Å². The number of amides is 3. The number of benzene rings is 2. The number of hydrogen-bond donors (Lipinski definition) is 2. The van der Waals surface area contributed by atoms with Gasteiger partial charge in [0.05, 0.1) is 17.4 Å². The van der Waals surface area contributed by atoms with Crippen LogP contribution in [0.5, 0.6) is 0 Å². The lowest BCUT2D eigenvalue weighted by Gasteiger charge is -2.15. The van der Waals surface area contributed by atoms with Gasteiger partial charge in [-0.3, -0.25) is 9.69 Å². The highest BCUT2D eigenvalue weighted by Gasteiger charge is 2.22. The summed E-state index contributed by atoms with van der Waals surface area (Å²) in [5.74, 6) is -1.61. The molecule has 2 N–H and O–H groups in total. The Bertz CT molecular complexity index is 1040. The van der Waals surface area contributed by atoms with Crippen LogP contribution in [0, 0.1) is 11.3 Å². The highest BCUT2D eigenvalue weighted by Crippen LogP contribution is 2.21. The summed E-state index contributed by atoms with van der Waals surface area (Å²) in [6, 6.07) is 14.6. The van der Waals surface area contributed by atoms with Gasteiger partial charge in [-0.2, -0.15) is 5.26 Å². The molecule has 1 aliphatic heterocycles. The standard InChI is InChI=1S/C19H18N4O4S/c20-11-14-4-6-15(7-5-14)12-28(26,27)13-18(24)22-16-2-1-3-17(10-16)23-9-8-21-19(23)25/h1-7,10H,8-9,12-13H2,(H,21,25)(H,22,24). The van der Waals surface area contributed by atoms with Gasteiger partial charge in [-0.25, -0.2) is 13.2 Å². The normalized spacial score (nSPS) is 13.7. The van der Waals surface area contributed by atoms with Crippen molar-refractivity contribution in [1.29, 1.82) is 5.26 Å². The van der Waals surface area contributed by atoms with Crippen molar-refractivity contribution >= 4 is 33.2 Å². The SMILES string of the molecule is N#Cc1ccc(CS(=O)(=O)CC(=O)Nc2cccc(N3CCNC3=O)c2)cc1. The molecule has 9 heteroatoms. The number of sulfone groups is 1. The van der Waals surface area contributed by atoms with Crippen molar-refractivity contribution in [2.75, 3.05) is 29.1 Å². The van der Waals surface area contributed by atoms with Crippen LogP contribution in [0.4, 0.5) is 16.2 Å². The molecular weight excluding hydrogens is 380 g/mol. The van der Waals surface area contributed by atoms with Gasteiger partial charge in [-0.15, -0.1) is 0 Å². The van der Waals surface area contributed by atoms with E-state index in [0.29, 0.717) is 35.6 Å². The van der Waals surface area contributed by atoms with Crippen LogP contribution in [0.1, 0.15) is 11.1 Å². The lowest BCUT2D eigenvalue weighted by Crippen LogP contribution is -2.28. The van der Waals surface area contributed by atoms with Crippen molar-refractivity contribution in [3.63, 3.8) is 0 Å². The first kappa shape index (κ1) is 19.4.